The van der Waals surface area contributed by atoms with E-state index >= 15 is 0 Å². The van der Waals surface area contributed by atoms with Crippen LogP contribution in [0.25, 0.3) is 0 Å². The zero-order valence-electron chi connectivity index (χ0n) is 20.1. The van der Waals surface area contributed by atoms with E-state index in [-0.39, 0.29) is 11.8 Å². The van der Waals surface area contributed by atoms with Gasteiger partial charge in [0.1, 0.15) is 10.6 Å². The van der Waals surface area contributed by atoms with Gasteiger partial charge in [0.25, 0.3) is 11.8 Å². The average molecular weight is 471 g/mol. The smallest absolute Gasteiger partial charge is 0.283 e. The number of unbranched alkanes of at least 4 members (excludes halogenated alkanes) is 1. The standard InChI is InChI=1S/C29H30N2O2S/c1-5-6-7-22-10-12-24(13-11-22)31-28(32)26(30-23-17-20(3)16-21(4)18-23)27(29(31)33)34-25-14-8-19(2)9-15-25/h8-18,30H,5-7H2,1-4H3. The topological polar surface area (TPSA) is 49.4 Å². The van der Waals surface area contributed by atoms with Crippen molar-refractivity contribution in [1.29, 1.82) is 0 Å². The van der Waals surface area contributed by atoms with Crippen LogP contribution in [0.5, 0.6) is 0 Å². The first-order valence-electron chi connectivity index (χ1n) is 11.7. The summed E-state index contributed by atoms with van der Waals surface area (Å²) in [6, 6.07) is 21.8. The highest BCUT2D eigenvalue weighted by atomic mass is 32.2. The monoisotopic (exact) mass is 470 g/mol. The second-order valence-electron chi connectivity index (χ2n) is 8.84. The summed E-state index contributed by atoms with van der Waals surface area (Å²) in [6.45, 7) is 8.22. The van der Waals surface area contributed by atoms with Crippen LogP contribution in [0.4, 0.5) is 11.4 Å². The molecule has 0 fully saturated rings. The number of aryl methyl sites for hydroxylation is 4. The third-order valence-electron chi connectivity index (χ3n) is 5.79. The van der Waals surface area contributed by atoms with Crippen molar-refractivity contribution in [3.05, 3.63) is 99.6 Å². The number of hydrogen-bond acceptors (Lipinski definition) is 4. The van der Waals surface area contributed by atoms with E-state index in [0.29, 0.717) is 16.3 Å². The van der Waals surface area contributed by atoms with Crippen LogP contribution in [0.2, 0.25) is 0 Å². The molecule has 174 valence electrons. The average Bonchev–Trinajstić information content (AvgIpc) is 3.03. The molecule has 4 rings (SSSR count). The van der Waals surface area contributed by atoms with Gasteiger partial charge in [-0.1, -0.05) is 61.0 Å². The third-order valence-corrected chi connectivity index (χ3v) is 6.88. The molecule has 1 aliphatic rings. The van der Waals surface area contributed by atoms with Crippen molar-refractivity contribution >= 4 is 35.0 Å². The fourth-order valence-corrected chi connectivity index (χ4v) is 4.98. The van der Waals surface area contributed by atoms with E-state index in [0.717, 1.165) is 46.5 Å². The summed E-state index contributed by atoms with van der Waals surface area (Å²) < 4.78 is 0. The molecule has 0 saturated heterocycles. The Morgan fingerprint density at radius 2 is 1.44 bits per heavy atom. The van der Waals surface area contributed by atoms with Gasteiger partial charge in [0.05, 0.1) is 5.69 Å². The molecule has 0 aromatic heterocycles. The quantitative estimate of drug-likeness (QED) is 0.362. The van der Waals surface area contributed by atoms with Crippen molar-refractivity contribution in [1.82, 2.24) is 0 Å². The lowest BCUT2D eigenvalue weighted by molar-refractivity contribution is -0.120. The predicted octanol–water partition coefficient (Wildman–Crippen LogP) is 6.94. The SMILES string of the molecule is CCCCc1ccc(N2C(=O)C(Nc3cc(C)cc(C)c3)=C(Sc3ccc(C)cc3)C2=O)cc1. The van der Waals surface area contributed by atoms with Crippen molar-refractivity contribution in [2.24, 2.45) is 0 Å². The number of carbonyl (C=O) groups excluding carboxylic acids is 2. The Morgan fingerprint density at radius 1 is 0.794 bits per heavy atom. The molecular formula is C29H30N2O2S. The molecule has 0 bridgehead atoms. The molecule has 0 saturated carbocycles. The van der Waals surface area contributed by atoms with Crippen molar-refractivity contribution in [3.63, 3.8) is 0 Å². The summed E-state index contributed by atoms with van der Waals surface area (Å²) in [5.74, 6) is -0.635. The van der Waals surface area contributed by atoms with Gasteiger partial charge in [-0.05, 0) is 86.7 Å². The number of thioether (sulfide) groups is 1. The molecule has 3 aromatic carbocycles. The summed E-state index contributed by atoms with van der Waals surface area (Å²) in [7, 11) is 0. The number of benzene rings is 3. The highest BCUT2D eigenvalue weighted by molar-refractivity contribution is 8.04. The van der Waals surface area contributed by atoms with Gasteiger partial charge in [0, 0.05) is 10.6 Å². The first kappa shape index (κ1) is 23.8. The molecule has 2 amide bonds. The molecule has 0 aliphatic carbocycles. The number of imide groups is 1. The van der Waals surface area contributed by atoms with Crippen LogP contribution in [-0.4, -0.2) is 11.8 Å². The third kappa shape index (κ3) is 5.26. The van der Waals surface area contributed by atoms with Crippen molar-refractivity contribution < 1.29 is 9.59 Å². The number of rotatable bonds is 8. The van der Waals surface area contributed by atoms with E-state index in [9.17, 15) is 9.59 Å². The van der Waals surface area contributed by atoms with E-state index in [4.69, 9.17) is 0 Å². The molecule has 1 N–H and O–H groups in total. The minimum Gasteiger partial charge on any atom is -0.350 e. The van der Waals surface area contributed by atoms with Crippen molar-refractivity contribution in [2.75, 3.05) is 10.2 Å². The highest BCUT2D eigenvalue weighted by Gasteiger charge is 2.40. The molecule has 5 heteroatoms. The molecule has 0 unspecified atom stereocenters. The normalized spacial score (nSPS) is 13.7. The maximum atomic E-state index is 13.6. The Kier molecular flexibility index (Phi) is 7.23. The number of carbonyl (C=O) groups is 2. The Hall–Kier alpha value is -3.31. The molecule has 0 spiro atoms. The van der Waals surface area contributed by atoms with Gasteiger partial charge in [0.15, 0.2) is 0 Å². The Morgan fingerprint density at radius 3 is 2.06 bits per heavy atom. The number of nitrogens with one attached hydrogen (secondary N) is 1. The van der Waals surface area contributed by atoms with Crippen LogP contribution in [0.15, 0.2) is 82.2 Å². The highest BCUT2D eigenvalue weighted by Crippen LogP contribution is 2.38. The molecular weight excluding hydrogens is 440 g/mol. The van der Waals surface area contributed by atoms with Crippen LogP contribution in [0.3, 0.4) is 0 Å². The zero-order chi connectivity index (χ0) is 24.2. The van der Waals surface area contributed by atoms with Gasteiger partial charge in [-0.3, -0.25) is 9.59 Å². The first-order chi connectivity index (χ1) is 16.4. The van der Waals surface area contributed by atoms with Gasteiger partial charge >= 0.3 is 0 Å². The van der Waals surface area contributed by atoms with Crippen LogP contribution in [-0.2, 0) is 16.0 Å². The number of amides is 2. The summed E-state index contributed by atoms with van der Waals surface area (Å²) in [4.78, 5) is 29.7. The van der Waals surface area contributed by atoms with Gasteiger partial charge in [-0.25, -0.2) is 4.90 Å². The fourth-order valence-electron chi connectivity index (χ4n) is 4.06. The second-order valence-corrected chi connectivity index (χ2v) is 9.92. The molecule has 4 nitrogen and oxygen atoms in total. The van der Waals surface area contributed by atoms with E-state index in [1.165, 1.54) is 22.2 Å². The van der Waals surface area contributed by atoms with Crippen LogP contribution >= 0.6 is 11.8 Å². The van der Waals surface area contributed by atoms with Crippen LogP contribution < -0.4 is 10.2 Å². The number of anilines is 2. The lowest BCUT2D eigenvalue weighted by Crippen LogP contribution is -2.32. The number of hydrogen-bond donors (Lipinski definition) is 1. The van der Waals surface area contributed by atoms with Gasteiger partial charge in [-0.2, -0.15) is 0 Å². The molecule has 0 atom stereocenters. The minimum atomic E-state index is -0.333. The largest absolute Gasteiger partial charge is 0.350 e. The summed E-state index contributed by atoms with van der Waals surface area (Å²) in [5, 5.41) is 3.27. The molecule has 0 radical (unpaired) electrons. The van der Waals surface area contributed by atoms with Gasteiger partial charge in [-0.15, -0.1) is 0 Å². The van der Waals surface area contributed by atoms with E-state index < -0.39 is 0 Å². The van der Waals surface area contributed by atoms with Gasteiger partial charge < -0.3 is 5.32 Å². The zero-order valence-corrected chi connectivity index (χ0v) is 21.0. The van der Waals surface area contributed by atoms with E-state index in [1.807, 2.05) is 81.4 Å². The summed E-state index contributed by atoms with van der Waals surface area (Å²) in [6.07, 6.45) is 3.23. The van der Waals surface area contributed by atoms with Crippen LogP contribution in [0.1, 0.15) is 42.0 Å². The fraction of sp³-hybridized carbons (Fsp3) is 0.241. The van der Waals surface area contributed by atoms with Crippen molar-refractivity contribution in [3.8, 4) is 0 Å². The Labute approximate surface area is 206 Å². The maximum absolute atomic E-state index is 13.6. The maximum Gasteiger partial charge on any atom is 0.283 e. The summed E-state index contributed by atoms with van der Waals surface area (Å²) in [5.41, 5.74) is 6.24. The predicted molar refractivity (Wildman–Crippen MR) is 141 cm³/mol. The Bertz CT molecular complexity index is 1220. The Balaban J connectivity index is 1.69. The van der Waals surface area contributed by atoms with Crippen LogP contribution in [0, 0.1) is 20.8 Å². The summed E-state index contributed by atoms with van der Waals surface area (Å²) >= 11 is 1.33. The lowest BCUT2D eigenvalue weighted by atomic mass is 10.1. The molecule has 34 heavy (non-hydrogen) atoms. The first-order valence-corrected chi connectivity index (χ1v) is 12.5. The lowest BCUT2D eigenvalue weighted by Gasteiger charge is -2.16. The molecule has 1 heterocycles. The van der Waals surface area contributed by atoms with E-state index in [2.05, 4.69) is 18.3 Å². The van der Waals surface area contributed by atoms with E-state index in [1.54, 1.807) is 0 Å². The molecule has 1 aliphatic heterocycles. The second kappa shape index (κ2) is 10.3. The number of nitrogens with zero attached hydrogens (tertiary/aromatic N) is 1. The van der Waals surface area contributed by atoms with Crippen molar-refractivity contribution in [2.45, 2.75) is 51.9 Å². The van der Waals surface area contributed by atoms with Gasteiger partial charge in [0.2, 0.25) is 0 Å². The molecule has 3 aromatic rings. The minimum absolute atomic E-state index is 0.302.